The summed E-state index contributed by atoms with van der Waals surface area (Å²) < 4.78 is 15.8. The maximum Gasteiger partial charge on any atom is 0.156 e. The number of aromatic amines is 1. The first-order chi connectivity index (χ1) is 17.5. The number of halogens is 2. The third-order valence-electron chi connectivity index (χ3n) is 6.97. The van der Waals surface area contributed by atoms with Gasteiger partial charge in [-0.1, -0.05) is 29.8 Å². The summed E-state index contributed by atoms with van der Waals surface area (Å²) in [6.45, 7) is 4.69. The molecule has 0 unspecified atom stereocenters. The Hall–Kier alpha value is -3.70. The maximum absolute atomic E-state index is 13.8. The summed E-state index contributed by atoms with van der Waals surface area (Å²) in [6.07, 6.45) is 4.00. The van der Waals surface area contributed by atoms with E-state index in [1.165, 1.54) is 12.1 Å². The second-order valence-electron chi connectivity index (χ2n) is 9.31. The van der Waals surface area contributed by atoms with E-state index < -0.39 is 5.82 Å². The van der Waals surface area contributed by atoms with Crippen LogP contribution in [0.15, 0.2) is 60.9 Å². The number of nitrogens with zero attached hydrogens (tertiary/aromatic N) is 5. The molecule has 0 aliphatic carbocycles. The molecular formula is C28H24ClFN6. The smallest absolute Gasteiger partial charge is 0.156 e. The number of imidazole rings is 1. The average Bonchev–Trinajstić information content (AvgIpc) is 3.49. The number of rotatable bonds is 4. The summed E-state index contributed by atoms with van der Waals surface area (Å²) in [5, 5.41) is 11.6. The van der Waals surface area contributed by atoms with Crippen LogP contribution in [0.1, 0.15) is 11.3 Å². The second-order valence-corrected chi connectivity index (χ2v) is 9.71. The standard InChI is InChI=1S/C28H24ClFN6/c1-34-8-10-35(11-9-34)16-19-17-36-27(24-15-32-26-5-3-2-4-21(24)26)13-22(23(14-31)28(36)33-19)20-7-6-18(30)12-25(20)29/h2-7,12-13,15,17,32H,8-11,16H2,1H3. The summed E-state index contributed by atoms with van der Waals surface area (Å²) in [4.78, 5) is 13.0. The Morgan fingerprint density at radius 3 is 2.64 bits per heavy atom. The van der Waals surface area contributed by atoms with Gasteiger partial charge in [0.1, 0.15) is 17.4 Å². The van der Waals surface area contributed by atoms with E-state index in [2.05, 4.69) is 34.0 Å². The predicted molar refractivity (Wildman–Crippen MR) is 140 cm³/mol. The lowest BCUT2D eigenvalue weighted by Crippen LogP contribution is -2.43. The Kier molecular flexibility index (Phi) is 5.73. The molecule has 6 nitrogen and oxygen atoms in total. The number of likely N-dealkylation sites (N-methyl/N-ethyl adjacent to an activating group) is 1. The van der Waals surface area contributed by atoms with Crippen LogP contribution in [0.5, 0.6) is 0 Å². The van der Waals surface area contributed by atoms with Gasteiger partial charge in [-0.15, -0.1) is 0 Å². The molecule has 0 radical (unpaired) electrons. The van der Waals surface area contributed by atoms with Crippen molar-refractivity contribution in [2.45, 2.75) is 6.54 Å². The average molecular weight is 499 g/mol. The largest absolute Gasteiger partial charge is 0.360 e. The van der Waals surface area contributed by atoms with E-state index in [1.807, 2.05) is 41.1 Å². The summed E-state index contributed by atoms with van der Waals surface area (Å²) >= 11 is 6.47. The van der Waals surface area contributed by atoms with Crippen LogP contribution in [0.4, 0.5) is 4.39 Å². The fourth-order valence-corrected chi connectivity index (χ4v) is 5.29. The number of fused-ring (bicyclic) bond motifs is 2. The number of hydrogen-bond donors (Lipinski definition) is 1. The minimum absolute atomic E-state index is 0.255. The lowest BCUT2D eigenvalue weighted by Gasteiger charge is -2.31. The lowest BCUT2D eigenvalue weighted by atomic mass is 9.98. The van der Waals surface area contributed by atoms with Crippen molar-refractivity contribution in [1.29, 1.82) is 5.26 Å². The van der Waals surface area contributed by atoms with Crippen molar-refractivity contribution < 1.29 is 4.39 Å². The van der Waals surface area contributed by atoms with Gasteiger partial charge in [0.15, 0.2) is 5.65 Å². The van der Waals surface area contributed by atoms with Gasteiger partial charge in [-0.25, -0.2) is 9.37 Å². The number of para-hydroxylation sites is 1. The molecule has 1 fully saturated rings. The molecule has 0 amide bonds. The number of pyridine rings is 1. The van der Waals surface area contributed by atoms with Gasteiger partial charge in [-0.3, -0.25) is 9.30 Å². The van der Waals surface area contributed by atoms with Crippen molar-refractivity contribution in [2.24, 2.45) is 0 Å². The summed E-state index contributed by atoms with van der Waals surface area (Å²) in [5.41, 5.74) is 6.01. The van der Waals surface area contributed by atoms with Gasteiger partial charge < -0.3 is 9.88 Å². The molecule has 1 aliphatic rings. The van der Waals surface area contributed by atoms with Crippen LogP contribution in [0, 0.1) is 17.1 Å². The number of nitrogens with one attached hydrogen (secondary N) is 1. The normalized spacial score (nSPS) is 15.1. The van der Waals surface area contributed by atoms with Crippen LogP contribution >= 0.6 is 11.6 Å². The fourth-order valence-electron chi connectivity index (χ4n) is 5.02. The SMILES string of the molecule is CN1CCN(Cc2cn3c(-c4c[nH]c5ccccc45)cc(-c4ccc(F)cc4Cl)c(C#N)c3n2)CC1. The molecule has 0 saturated carbocycles. The van der Waals surface area contributed by atoms with Crippen LogP contribution in [-0.4, -0.2) is 57.4 Å². The highest BCUT2D eigenvalue weighted by atomic mass is 35.5. The van der Waals surface area contributed by atoms with Crippen LogP contribution < -0.4 is 0 Å². The molecule has 36 heavy (non-hydrogen) atoms. The highest BCUT2D eigenvalue weighted by molar-refractivity contribution is 6.33. The van der Waals surface area contributed by atoms with Gasteiger partial charge >= 0.3 is 0 Å². The molecule has 6 rings (SSSR count). The Labute approximate surface area is 213 Å². The van der Waals surface area contributed by atoms with Gasteiger partial charge in [-0.2, -0.15) is 5.26 Å². The number of benzene rings is 2. The monoisotopic (exact) mass is 498 g/mol. The summed E-state index contributed by atoms with van der Waals surface area (Å²) in [7, 11) is 2.14. The maximum atomic E-state index is 13.8. The highest BCUT2D eigenvalue weighted by Gasteiger charge is 2.22. The second kappa shape index (κ2) is 9.07. The van der Waals surface area contributed by atoms with E-state index in [1.54, 1.807) is 6.07 Å². The van der Waals surface area contributed by atoms with E-state index >= 15 is 0 Å². The van der Waals surface area contributed by atoms with Crippen LogP contribution in [0.25, 0.3) is 38.9 Å². The molecule has 1 aliphatic heterocycles. The van der Waals surface area contributed by atoms with Crippen molar-refractivity contribution in [3.05, 3.63) is 83.0 Å². The van der Waals surface area contributed by atoms with Gasteiger partial charge in [0.05, 0.1) is 16.4 Å². The Balaban J connectivity index is 1.58. The van der Waals surface area contributed by atoms with E-state index in [9.17, 15) is 9.65 Å². The Bertz CT molecular complexity index is 1640. The topological polar surface area (TPSA) is 63.4 Å². The zero-order valence-corrected chi connectivity index (χ0v) is 20.6. The first-order valence-electron chi connectivity index (χ1n) is 11.9. The van der Waals surface area contributed by atoms with Crippen LogP contribution in [0.2, 0.25) is 5.02 Å². The minimum atomic E-state index is -0.421. The molecule has 180 valence electrons. The molecule has 0 spiro atoms. The van der Waals surface area contributed by atoms with Crippen molar-refractivity contribution in [2.75, 3.05) is 33.2 Å². The van der Waals surface area contributed by atoms with Crippen molar-refractivity contribution in [3.8, 4) is 28.5 Å². The number of aromatic nitrogens is 3. The van der Waals surface area contributed by atoms with E-state index in [0.717, 1.165) is 54.0 Å². The first kappa shape index (κ1) is 22.7. The molecule has 0 bridgehead atoms. The highest BCUT2D eigenvalue weighted by Crippen LogP contribution is 2.38. The molecular weight excluding hydrogens is 475 g/mol. The number of nitriles is 1. The summed E-state index contributed by atoms with van der Waals surface area (Å²) in [6, 6.07) is 16.7. The Morgan fingerprint density at radius 2 is 1.86 bits per heavy atom. The molecule has 2 aromatic carbocycles. The van der Waals surface area contributed by atoms with E-state index in [0.29, 0.717) is 28.9 Å². The van der Waals surface area contributed by atoms with E-state index in [-0.39, 0.29) is 5.02 Å². The van der Waals surface area contributed by atoms with Gasteiger partial charge in [-0.05, 0) is 37.4 Å². The van der Waals surface area contributed by atoms with Crippen LogP contribution in [0.3, 0.4) is 0 Å². The van der Waals surface area contributed by atoms with E-state index in [4.69, 9.17) is 16.6 Å². The van der Waals surface area contributed by atoms with Gasteiger partial charge in [0.25, 0.3) is 0 Å². The number of piperazine rings is 1. The fraction of sp³-hybridized carbons (Fsp3) is 0.214. The van der Waals surface area contributed by atoms with Gasteiger partial charge in [0.2, 0.25) is 0 Å². The molecule has 0 atom stereocenters. The first-order valence-corrected chi connectivity index (χ1v) is 12.3. The summed E-state index contributed by atoms with van der Waals surface area (Å²) in [5.74, 6) is -0.421. The molecule has 5 aromatic rings. The van der Waals surface area contributed by atoms with Crippen molar-refractivity contribution in [1.82, 2.24) is 24.2 Å². The minimum Gasteiger partial charge on any atom is -0.360 e. The van der Waals surface area contributed by atoms with Crippen molar-refractivity contribution >= 4 is 28.2 Å². The molecule has 1 saturated heterocycles. The third-order valence-corrected chi connectivity index (χ3v) is 7.28. The zero-order valence-electron chi connectivity index (χ0n) is 19.8. The third kappa shape index (κ3) is 3.94. The Morgan fingerprint density at radius 1 is 1.06 bits per heavy atom. The molecule has 3 aromatic heterocycles. The number of H-pyrrole nitrogens is 1. The van der Waals surface area contributed by atoms with Gasteiger partial charge in [0, 0.05) is 72.7 Å². The lowest BCUT2D eigenvalue weighted by molar-refractivity contribution is 0.147. The quantitative estimate of drug-likeness (QED) is 0.352. The van der Waals surface area contributed by atoms with Crippen LogP contribution in [-0.2, 0) is 6.54 Å². The molecule has 4 heterocycles. The number of hydrogen-bond acceptors (Lipinski definition) is 4. The molecule has 1 N–H and O–H groups in total. The molecule has 8 heteroatoms. The zero-order chi connectivity index (χ0) is 24.8. The van der Waals surface area contributed by atoms with Crippen molar-refractivity contribution in [3.63, 3.8) is 0 Å². The predicted octanol–water partition coefficient (Wildman–Crippen LogP) is 5.56.